The zero-order valence-corrected chi connectivity index (χ0v) is 11.0. The van der Waals surface area contributed by atoms with Crippen LogP contribution >= 0.6 is 0 Å². The van der Waals surface area contributed by atoms with E-state index in [2.05, 4.69) is 11.2 Å². The number of rotatable bonds is 5. The third kappa shape index (κ3) is 3.26. The van der Waals surface area contributed by atoms with Gasteiger partial charge in [-0.25, -0.2) is 0 Å². The minimum absolute atomic E-state index is 0.369. The molecule has 0 N–H and O–H groups in total. The second-order valence-corrected chi connectivity index (χ2v) is 4.05. The van der Waals surface area contributed by atoms with Crippen molar-refractivity contribution in [1.29, 1.82) is 5.26 Å². The SMILES string of the molecule is Cc1cc(OCCOc2ccccc2C#N)nn1C. The summed E-state index contributed by atoms with van der Waals surface area (Å²) < 4.78 is 12.7. The number of nitriles is 1. The van der Waals surface area contributed by atoms with Crippen LogP contribution in [0.2, 0.25) is 0 Å². The van der Waals surface area contributed by atoms with Gasteiger partial charge in [0.05, 0.1) is 5.56 Å². The quantitative estimate of drug-likeness (QED) is 0.769. The van der Waals surface area contributed by atoms with Crippen molar-refractivity contribution in [3.05, 3.63) is 41.6 Å². The van der Waals surface area contributed by atoms with Crippen molar-refractivity contribution in [2.24, 2.45) is 7.05 Å². The first-order valence-corrected chi connectivity index (χ1v) is 5.96. The summed E-state index contributed by atoms with van der Waals surface area (Å²) in [5.41, 5.74) is 1.56. The van der Waals surface area contributed by atoms with E-state index in [0.29, 0.717) is 30.4 Å². The van der Waals surface area contributed by atoms with E-state index >= 15 is 0 Å². The second kappa shape index (κ2) is 5.91. The van der Waals surface area contributed by atoms with E-state index in [4.69, 9.17) is 14.7 Å². The summed E-state index contributed by atoms with van der Waals surface area (Å²) in [7, 11) is 1.86. The fourth-order valence-electron chi connectivity index (χ4n) is 1.58. The largest absolute Gasteiger partial charge is 0.489 e. The molecule has 0 atom stereocenters. The molecule has 2 aromatic rings. The summed E-state index contributed by atoms with van der Waals surface area (Å²) in [5.74, 6) is 1.16. The van der Waals surface area contributed by atoms with Crippen LogP contribution in [0.5, 0.6) is 11.6 Å². The van der Waals surface area contributed by atoms with Crippen molar-refractivity contribution < 1.29 is 9.47 Å². The van der Waals surface area contributed by atoms with Crippen molar-refractivity contribution >= 4 is 0 Å². The van der Waals surface area contributed by atoms with Crippen molar-refractivity contribution in [3.63, 3.8) is 0 Å². The molecule has 5 nitrogen and oxygen atoms in total. The Bertz CT molecular complexity index is 579. The highest BCUT2D eigenvalue weighted by molar-refractivity contribution is 5.42. The van der Waals surface area contributed by atoms with Gasteiger partial charge in [-0.05, 0) is 19.1 Å². The zero-order chi connectivity index (χ0) is 13.7. The molecule has 0 bridgehead atoms. The maximum Gasteiger partial charge on any atom is 0.233 e. The van der Waals surface area contributed by atoms with Crippen LogP contribution in [-0.2, 0) is 7.05 Å². The van der Waals surface area contributed by atoms with Gasteiger partial charge < -0.3 is 9.47 Å². The van der Waals surface area contributed by atoms with Crippen molar-refractivity contribution in [3.8, 4) is 17.7 Å². The highest BCUT2D eigenvalue weighted by atomic mass is 16.5. The topological polar surface area (TPSA) is 60.1 Å². The number of hydrogen-bond acceptors (Lipinski definition) is 4. The molecular weight excluding hydrogens is 242 g/mol. The molecular formula is C14H15N3O2. The van der Waals surface area contributed by atoms with Crippen molar-refractivity contribution in [2.45, 2.75) is 6.92 Å². The number of aromatic nitrogens is 2. The fraction of sp³-hybridized carbons (Fsp3) is 0.286. The number of hydrogen-bond donors (Lipinski definition) is 0. The summed E-state index contributed by atoms with van der Waals surface area (Å²) >= 11 is 0. The predicted molar refractivity (Wildman–Crippen MR) is 70.1 cm³/mol. The van der Waals surface area contributed by atoms with Crippen LogP contribution in [0.15, 0.2) is 30.3 Å². The highest BCUT2D eigenvalue weighted by Crippen LogP contribution is 2.16. The van der Waals surface area contributed by atoms with Gasteiger partial charge in [-0.3, -0.25) is 4.68 Å². The Labute approximate surface area is 112 Å². The van der Waals surface area contributed by atoms with Crippen LogP contribution in [0.1, 0.15) is 11.3 Å². The van der Waals surface area contributed by atoms with E-state index in [1.807, 2.05) is 26.1 Å². The van der Waals surface area contributed by atoms with Gasteiger partial charge >= 0.3 is 0 Å². The first-order valence-electron chi connectivity index (χ1n) is 5.96. The van der Waals surface area contributed by atoms with E-state index < -0.39 is 0 Å². The molecule has 0 fully saturated rings. The van der Waals surface area contributed by atoms with Crippen LogP contribution in [0.4, 0.5) is 0 Å². The average molecular weight is 257 g/mol. The normalized spacial score (nSPS) is 9.95. The lowest BCUT2D eigenvalue weighted by molar-refractivity contribution is 0.210. The van der Waals surface area contributed by atoms with E-state index in [-0.39, 0.29) is 0 Å². The lowest BCUT2D eigenvalue weighted by Crippen LogP contribution is -2.10. The van der Waals surface area contributed by atoms with Gasteiger partial charge in [0, 0.05) is 18.8 Å². The smallest absolute Gasteiger partial charge is 0.233 e. The molecule has 1 heterocycles. The van der Waals surface area contributed by atoms with Crippen molar-refractivity contribution in [1.82, 2.24) is 9.78 Å². The van der Waals surface area contributed by atoms with E-state index in [1.54, 1.807) is 22.9 Å². The van der Waals surface area contributed by atoms with E-state index in [0.717, 1.165) is 5.69 Å². The summed E-state index contributed by atoms with van der Waals surface area (Å²) in [5, 5.41) is 13.1. The molecule has 0 aliphatic carbocycles. The Morgan fingerprint density at radius 3 is 2.68 bits per heavy atom. The molecule has 0 saturated carbocycles. The minimum Gasteiger partial charge on any atom is -0.489 e. The molecule has 0 aliphatic rings. The summed E-state index contributed by atoms with van der Waals surface area (Å²) in [4.78, 5) is 0. The number of para-hydroxylation sites is 1. The van der Waals surface area contributed by atoms with Gasteiger partial charge in [0.2, 0.25) is 5.88 Å². The van der Waals surface area contributed by atoms with Crippen LogP contribution in [0, 0.1) is 18.3 Å². The molecule has 2 rings (SSSR count). The summed E-state index contributed by atoms with van der Waals surface area (Å²) in [6.07, 6.45) is 0. The molecule has 0 amide bonds. The van der Waals surface area contributed by atoms with Crippen LogP contribution < -0.4 is 9.47 Å². The van der Waals surface area contributed by atoms with Gasteiger partial charge in [-0.15, -0.1) is 5.10 Å². The lowest BCUT2D eigenvalue weighted by Gasteiger charge is -2.07. The van der Waals surface area contributed by atoms with Gasteiger partial charge in [0.15, 0.2) is 0 Å². The maximum atomic E-state index is 8.91. The Kier molecular flexibility index (Phi) is 4.04. The third-order valence-corrected chi connectivity index (χ3v) is 2.69. The zero-order valence-electron chi connectivity index (χ0n) is 11.0. The molecule has 0 aliphatic heterocycles. The molecule has 0 saturated heterocycles. The third-order valence-electron chi connectivity index (χ3n) is 2.69. The Balaban J connectivity index is 1.82. The van der Waals surface area contributed by atoms with Gasteiger partial charge in [-0.1, -0.05) is 12.1 Å². The molecule has 98 valence electrons. The molecule has 1 aromatic heterocycles. The summed E-state index contributed by atoms with van der Waals surface area (Å²) in [6.45, 7) is 2.71. The number of ether oxygens (including phenoxy) is 2. The fourth-order valence-corrected chi connectivity index (χ4v) is 1.58. The first-order chi connectivity index (χ1) is 9.20. The first kappa shape index (κ1) is 13.0. The van der Waals surface area contributed by atoms with E-state index in [9.17, 15) is 0 Å². The Morgan fingerprint density at radius 2 is 2.00 bits per heavy atom. The molecule has 0 radical (unpaired) electrons. The molecule has 1 aromatic carbocycles. The van der Waals surface area contributed by atoms with Crippen LogP contribution in [0.25, 0.3) is 0 Å². The monoisotopic (exact) mass is 257 g/mol. The average Bonchev–Trinajstić information content (AvgIpc) is 2.74. The van der Waals surface area contributed by atoms with Crippen LogP contribution in [0.3, 0.4) is 0 Å². The maximum absolute atomic E-state index is 8.91. The molecule has 5 heteroatoms. The minimum atomic E-state index is 0.369. The van der Waals surface area contributed by atoms with Gasteiger partial charge in [0.25, 0.3) is 0 Å². The van der Waals surface area contributed by atoms with Gasteiger partial charge in [-0.2, -0.15) is 5.26 Å². The van der Waals surface area contributed by atoms with E-state index in [1.165, 1.54) is 0 Å². The highest BCUT2D eigenvalue weighted by Gasteiger charge is 2.03. The number of nitrogens with zero attached hydrogens (tertiary/aromatic N) is 3. The second-order valence-electron chi connectivity index (χ2n) is 4.05. The van der Waals surface area contributed by atoms with Gasteiger partial charge in [0.1, 0.15) is 25.0 Å². The number of aryl methyl sites for hydroxylation is 2. The van der Waals surface area contributed by atoms with Crippen LogP contribution in [-0.4, -0.2) is 23.0 Å². The van der Waals surface area contributed by atoms with Crippen molar-refractivity contribution in [2.75, 3.05) is 13.2 Å². The lowest BCUT2D eigenvalue weighted by atomic mass is 10.2. The molecule has 0 unspecified atom stereocenters. The Morgan fingerprint density at radius 1 is 1.26 bits per heavy atom. The predicted octanol–water partition coefficient (Wildman–Crippen LogP) is 2.06. The Hall–Kier alpha value is -2.48. The number of benzene rings is 1. The molecule has 19 heavy (non-hydrogen) atoms. The standard InChI is InChI=1S/C14H15N3O2/c1-11-9-14(16-17(11)2)19-8-7-18-13-6-4-3-5-12(13)10-15/h3-6,9H,7-8H2,1-2H3. The molecule has 0 spiro atoms. The summed E-state index contributed by atoms with van der Waals surface area (Å²) in [6, 6.07) is 11.1.